The highest BCUT2D eigenvalue weighted by atomic mass is 16.2. The van der Waals surface area contributed by atoms with Crippen LogP contribution in [0.25, 0.3) is 0 Å². The molecule has 5 heteroatoms. The Morgan fingerprint density at radius 3 is 2.39 bits per heavy atom. The van der Waals surface area contributed by atoms with E-state index in [1.54, 1.807) is 4.90 Å². The van der Waals surface area contributed by atoms with Gasteiger partial charge >= 0.3 is 0 Å². The molecule has 1 fully saturated rings. The van der Waals surface area contributed by atoms with Crippen LogP contribution >= 0.6 is 0 Å². The first-order chi connectivity index (χ1) is 13.6. The van der Waals surface area contributed by atoms with Crippen molar-refractivity contribution >= 4 is 23.1 Å². The summed E-state index contributed by atoms with van der Waals surface area (Å²) in [6.07, 6.45) is 6.41. The van der Waals surface area contributed by atoms with Crippen LogP contribution in [-0.2, 0) is 0 Å². The second kappa shape index (κ2) is 8.31. The summed E-state index contributed by atoms with van der Waals surface area (Å²) >= 11 is 0. The summed E-state index contributed by atoms with van der Waals surface area (Å²) in [6, 6.07) is 12.0. The van der Waals surface area contributed by atoms with E-state index in [0.29, 0.717) is 5.56 Å². The van der Waals surface area contributed by atoms with Gasteiger partial charge in [-0.3, -0.25) is 4.79 Å². The van der Waals surface area contributed by atoms with Gasteiger partial charge in [0, 0.05) is 19.3 Å². The van der Waals surface area contributed by atoms with Crippen molar-refractivity contribution in [2.24, 2.45) is 0 Å². The molecule has 0 saturated carbocycles. The molecule has 0 spiro atoms. The highest BCUT2D eigenvalue weighted by molar-refractivity contribution is 6.13. The molecule has 1 aromatic carbocycles. The van der Waals surface area contributed by atoms with Crippen LogP contribution in [0, 0.1) is 6.92 Å². The summed E-state index contributed by atoms with van der Waals surface area (Å²) in [5.41, 5.74) is 3.62. The Morgan fingerprint density at radius 1 is 0.929 bits per heavy atom. The molecule has 0 bridgehead atoms. The standard InChI is InChI=1S/C23H30N4O/c1-18-12-13-19-22(24-18)27(17-9-16-26-14-7-3-4-8-15-26)21-11-6-5-10-20(21)25(2)23(19)28/h5-6,10-13H,3-4,7-9,14-17H2,1-2H3. The fourth-order valence-corrected chi connectivity index (χ4v) is 4.33. The Bertz CT molecular complexity index is 842. The minimum absolute atomic E-state index is 0.00460. The number of amides is 1. The smallest absolute Gasteiger partial charge is 0.261 e. The molecule has 0 aliphatic carbocycles. The molecule has 148 valence electrons. The van der Waals surface area contributed by atoms with Crippen LogP contribution in [0.3, 0.4) is 0 Å². The van der Waals surface area contributed by atoms with Crippen LogP contribution < -0.4 is 9.80 Å². The molecular weight excluding hydrogens is 348 g/mol. The maximum atomic E-state index is 13.1. The van der Waals surface area contributed by atoms with Crippen LogP contribution in [0.15, 0.2) is 36.4 Å². The first kappa shape index (κ1) is 18.9. The molecule has 3 heterocycles. The molecule has 2 aromatic rings. The van der Waals surface area contributed by atoms with Gasteiger partial charge in [0.25, 0.3) is 5.91 Å². The third kappa shape index (κ3) is 3.76. The van der Waals surface area contributed by atoms with Gasteiger partial charge in [0.05, 0.1) is 16.9 Å². The minimum Gasteiger partial charge on any atom is -0.324 e. The van der Waals surface area contributed by atoms with Crippen molar-refractivity contribution in [2.75, 3.05) is 43.0 Å². The molecule has 1 aromatic heterocycles. The SMILES string of the molecule is Cc1ccc2c(n1)N(CCCN1CCCCCC1)c1ccccc1N(C)C2=O. The Morgan fingerprint density at radius 2 is 1.64 bits per heavy atom. The first-order valence-corrected chi connectivity index (χ1v) is 10.5. The number of benzene rings is 1. The molecule has 4 rings (SSSR count). The highest BCUT2D eigenvalue weighted by Crippen LogP contribution is 2.39. The van der Waals surface area contributed by atoms with Crippen LogP contribution in [0.5, 0.6) is 0 Å². The molecule has 2 aliphatic heterocycles. The Kier molecular flexibility index (Phi) is 5.62. The van der Waals surface area contributed by atoms with E-state index in [9.17, 15) is 4.79 Å². The normalized spacial score (nSPS) is 17.7. The topological polar surface area (TPSA) is 39.7 Å². The van der Waals surface area contributed by atoms with Crippen molar-refractivity contribution < 1.29 is 4.79 Å². The van der Waals surface area contributed by atoms with Gasteiger partial charge in [-0.2, -0.15) is 0 Å². The number of para-hydroxylation sites is 2. The van der Waals surface area contributed by atoms with Gasteiger partial charge in [-0.25, -0.2) is 4.98 Å². The molecule has 5 nitrogen and oxygen atoms in total. The predicted molar refractivity (Wildman–Crippen MR) is 115 cm³/mol. The number of nitrogens with zero attached hydrogens (tertiary/aromatic N) is 4. The predicted octanol–water partition coefficient (Wildman–Crippen LogP) is 4.38. The lowest BCUT2D eigenvalue weighted by atomic mass is 10.2. The van der Waals surface area contributed by atoms with Gasteiger partial charge in [0.2, 0.25) is 0 Å². The number of rotatable bonds is 4. The Balaban J connectivity index is 1.63. The summed E-state index contributed by atoms with van der Waals surface area (Å²) in [5.74, 6) is 0.794. The molecule has 0 unspecified atom stereocenters. The maximum Gasteiger partial charge on any atom is 0.261 e. The molecule has 0 N–H and O–H groups in total. The third-order valence-electron chi connectivity index (χ3n) is 5.89. The summed E-state index contributed by atoms with van der Waals surface area (Å²) < 4.78 is 0. The monoisotopic (exact) mass is 378 g/mol. The van der Waals surface area contributed by atoms with Crippen molar-refractivity contribution in [2.45, 2.75) is 39.0 Å². The van der Waals surface area contributed by atoms with Gasteiger partial charge in [-0.05, 0) is 70.1 Å². The lowest BCUT2D eigenvalue weighted by molar-refractivity contribution is 0.0994. The van der Waals surface area contributed by atoms with Crippen molar-refractivity contribution in [3.63, 3.8) is 0 Å². The maximum absolute atomic E-state index is 13.1. The number of aromatic nitrogens is 1. The lowest BCUT2D eigenvalue weighted by Crippen LogP contribution is -2.29. The first-order valence-electron chi connectivity index (χ1n) is 10.5. The molecule has 1 saturated heterocycles. The van der Waals surface area contributed by atoms with E-state index in [2.05, 4.69) is 15.9 Å². The fourth-order valence-electron chi connectivity index (χ4n) is 4.33. The average Bonchev–Trinajstić information content (AvgIpc) is 3.02. The van der Waals surface area contributed by atoms with E-state index in [1.165, 1.54) is 38.8 Å². The van der Waals surface area contributed by atoms with Crippen molar-refractivity contribution in [1.29, 1.82) is 0 Å². The number of pyridine rings is 1. The van der Waals surface area contributed by atoms with Crippen molar-refractivity contribution in [3.8, 4) is 0 Å². The number of fused-ring (bicyclic) bond motifs is 2. The highest BCUT2D eigenvalue weighted by Gasteiger charge is 2.29. The van der Waals surface area contributed by atoms with Crippen LogP contribution in [0.1, 0.15) is 48.2 Å². The lowest BCUT2D eigenvalue weighted by Gasteiger charge is -2.27. The summed E-state index contributed by atoms with van der Waals surface area (Å²) in [7, 11) is 1.85. The number of carbonyl (C=O) groups excluding carboxylic acids is 1. The second-order valence-corrected chi connectivity index (χ2v) is 7.94. The quantitative estimate of drug-likeness (QED) is 0.791. The molecule has 2 aliphatic rings. The second-order valence-electron chi connectivity index (χ2n) is 7.94. The number of anilines is 3. The van der Waals surface area contributed by atoms with E-state index in [-0.39, 0.29) is 5.91 Å². The van der Waals surface area contributed by atoms with E-state index in [4.69, 9.17) is 4.98 Å². The van der Waals surface area contributed by atoms with Gasteiger partial charge in [0.1, 0.15) is 5.82 Å². The number of hydrogen-bond donors (Lipinski definition) is 0. The minimum atomic E-state index is 0.00460. The van der Waals surface area contributed by atoms with Crippen LogP contribution in [0.4, 0.5) is 17.2 Å². The van der Waals surface area contributed by atoms with E-state index < -0.39 is 0 Å². The largest absolute Gasteiger partial charge is 0.324 e. The van der Waals surface area contributed by atoms with Gasteiger partial charge in [-0.15, -0.1) is 0 Å². The van der Waals surface area contributed by atoms with E-state index in [0.717, 1.165) is 42.4 Å². The Labute approximate surface area is 168 Å². The van der Waals surface area contributed by atoms with Gasteiger partial charge in [-0.1, -0.05) is 25.0 Å². The average molecular weight is 379 g/mol. The molecule has 0 atom stereocenters. The summed E-state index contributed by atoms with van der Waals surface area (Å²) in [4.78, 5) is 24.4. The Hall–Kier alpha value is -2.40. The van der Waals surface area contributed by atoms with Crippen molar-refractivity contribution in [3.05, 3.63) is 47.7 Å². The zero-order valence-corrected chi connectivity index (χ0v) is 17.0. The van der Waals surface area contributed by atoms with Crippen molar-refractivity contribution in [1.82, 2.24) is 9.88 Å². The summed E-state index contributed by atoms with van der Waals surface area (Å²) in [5, 5.41) is 0. The number of aryl methyl sites for hydroxylation is 1. The van der Waals surface area contributed by atoms with Crippen LogP contribution in [0.2, 0.25) is 0 Å². The molecule has 28 heavy (non-hydrogen) atoms. The summed E-state index contributed by atoms with van der Waals surface area (Å²) in [6.45, 7) is 6.37. The van der Waals surface area contributed by atoms with E-state index in [1.807, 2.05) is 44.3 Å². The fraction of sp³-hybridized carbons (Fsp3) is 0.478. The van der Waals surface area contributed by atoms with E-state index >= 15 is 0 Å². The van der Waals surface area contributed by atoms with Gasteiger partial charge in [0.15, 0.2) is 0 Å². The zero-order chi connectivity index (χ0) is 19.5. The molecular formula is C23H30N4O. The number of likely N-dealkylation sites (tertiary alicyclic amines) is 1. The number of carbonyl (C=O) groups is 1. The third-order valence-corrected chi connectivity index (χ3v) is 5.89. The van der Waals surface area contributed by atoms with Gasteiger partial charge < -0.3 is 14.7 Å². The number of hydrogen-bond acceptors (Lipinski definition) is 4. The van der Waals surface area contributed by atoms with Crippen LogP contribution in [-0.4, -0.2) is 49.0 Å². The molecule has 1 amide bonds. The zero-order valence-electron chi connectivity index (χ0n) is 17.0. The molecule has 0 radical (unpaired) electrons.